The number of pyridine rings is 1. The fourth-order valence-corrected chi connectivity index (χ4v) is 3.07. The number of hydrogen-bond acceptors (Lipinski definition) is 6. The average Bonchev–Trinajstić information content (AvgIpc) is 2.85. The Morgan fingerprint density at radius 2 is 1.83 bits per heavy atom. The first-order chi connectivity index (χ1) is 16.8. The summed E-state index contributed by atoms with van der Waals surface area (Å²) in [5, 5.41) is 4.95. The van der Waals surface area contributed by atoms with Crippen LogP contribution >= 0.6 is 0 Å². The SMILES string of the molecule is O=C(CNc1cccc(C(F)(F)F)c1)Nc1ccc(Oc2ncccc2-c2ccncn2)cc1F. The number of carbonyl (C=O) groups excluding carboxylic acids is 1. The molecule has 0 saturated carbocycles. The summed E-state index contributed by atoms with van der Waals surface area (Å²) >= 11 is 0. The molecule has 0 spiro atoms. The molecule has 1 amide bonds. The molecule has 178 valence electrons. The minimum Gasteiger partial charge on any atom is -0.438 e. The van der Waals surface area contributed by atoms with Gasteiger partial charge in [0.15, 0.2) is 0 Å². The maximum absolute atomic E-state index is 14.6. The molecule has 35 heavy (non-hydrogen) atoms. The fourth-order valence-electron chi connectivity index (χ4n) is 3.07. The molecule has 7 nitrogen and oxygen atoms in total. The Hall–Kier alpha value is -4.54. The number of alkyl halides is 3. The van der Waals surface area contributed by atoms with Crippen molar-refractivity contribution in [1.29, 1.82) is 0 Å². The summed E-state index contributed by atoms with van der Waals surface area (Å²) in [6, 6.07) is 13.4. The van der Waals surface area contributed by atoms with Crippen LogP contribution in [0.3, 0.4) is 0 Å². The van der Waals surface area contributed by atoms with E-state index < -0.39 is 23.5 Å². The smallest absolute Gasteiger partial charge is 0.416 e. The van der Waals surface area contributed by atoms with Crippen molar-refractivity contribution < 1.29 is 27.1 Å². The number of halogens is 4. The van der Waals surface area contributed by atoms with Crippen LogP contribution in [0.5, 0.6) is 11.6 Å². The number of nitrogens with zero attached hydrogens (tertiary/aromatic N) is 3. The van der Waals surface area contributed by atoms with Crippen molar-refractivity contribution in [1.82, 2.24) is 15.0 Å². The third kappa shape index (κ3) is 6.08. The molecule has 2 aromatic heterocycles. The first kappa shape index (κ1) is 23.6. The highest BCUT2D eigenvalue weighted by Crippen LogP contribution is 2.32. The number of anilines is 2. The molecule has 0 aliphatic rings. The molecule has 0 bridgehead atoms. The van der Waals surface area contributed by atoms with Gasteiger partial charge in [0.05, 0.1) is 29.1 Å². The van der Waals surface area contributed by atoms with E-state index in [0.29, 0.717) is 11.3 Å². The zero-order chi connectivity index (χ0) is 24.8. The van der Waals surface area contributed by atoms with E-state index in [9.17, 15) is 22.4 Å². The third-order valence-electron chi connectivity index (χ3n) is 4.70. The number of ether oxygens (including phenoxy) is 1. The monoisotopic (exact) mass is 483 g/mol. The molecule has 0 saturated heterocycles. The zero-order valence-corrected chi connectivity index (χ0v) is 17.9. The van der Waals surface area contributed by atoms with Crippen LogP contribution < -0.4 is 15.4 Å². The lowest BCUT2D eigenvalue weighted by Crippen LogP contribution is -2.22. The Balaban J connectivity index is 1.40. The lowest BCUT2D eigenvalue weighted by atomic mass is 10.2. The Kier molecular flexibility index (Phi) is 6.86. The van der Waals surface area contributed by atoms with Crippen LogP contribution in [-0.2, 0) is 11.0 Å². The standard InChI is InChI=1S/C24H17F4N5O2/c25-19-12-17(35-23-18(5-2-9-30-23)20-8-10-29-14-32-20)6-7-21(19)33-22(34)13-31-16-4-1-3-15(11-16)24(26,27)28/h1-12,14,31H,13H2,(H,33,34). The zero-order valence-electron chi connectivity index (χ0n) is 17.9. The molecular weight excluding hydrogens is 466 g/mol. The molecule has 11 heteroatoms. The summed E-state index contributed by atoms with van der Waals surface area (Å²) < 4.78 is 58.7. The highest BCUT2D eigenvalue weighted by atomic mass is 19.4. The number of aromatic nitrogens is 3. The molecule has 0 radical (unpaired) electrons. The minimum absolute atomic E-state index is 0.106. The molecule has 0 aliphatic carbocycles. The van der Waals surface area contributed by atoms with Crippen LogP contribution in [0.15, 0.2) is 79.4 Å². The number of rotatable bonds is 7. The maximum atomic E-state index is 14.6. The van der Waals surface area contributed by atoms with E-state index in [-0.39, 0.29) is 29.5 Å². The predicted molar refractivity (Wildman–Crippen MR) is 120 cm³/mol. The Morgan fingerprint density at radius 3 is 2.57 bits per heavy atom. The summed E-state index contributed by atoms with van der Waals surface area (Å²) in [5.41, 5.74) is 0.286. The lowest BCUT2D eigenvalue weighted by molar-refractivity contribution is -0.137. The number of carbonyl (C=O) groups is 1. The van der Waals surface area contributed by atoms with Gasteiger partial charge in [-0.1, -0.05) is 6.07 Å². The van der Waals surface area contributed by atoms with Crippen LogP contribution in [0.4, 0.5) is 28.9 Å². The van der Waals surface area contributed by atoms with Gasteiger partial charge in [-0.25, -0.2) is 19.3 Å². The summed E-state index contributed by atoms with van der Waals surface area (Å²) in [5.74, 6) is -1.08. The minimum atomic E-state index is -4.50. The van der Waals surface area contributed by atoms with E-state index in [1.165, 1.54) is 36.8 Å². The van der Waals surface area contributed by atoms with Crippen LogP contribution in [0.2, 0.25) is 0 Å². The first-order valence-electron chi connectivity index (χ1n) is 10.2. The predicted octanol–water partition coefficient (Wildman–Crippen LogP) is 5.54. The van der Waals surface area contributed by atoms with Crippen LogP contribution in [0.25, 0.3) is 11.3 Å². The van der Waals surface area contributed by atoms with Crippen molar-refractivity contribution >= 4 is 17.3 Å². The van der Waals surface area contributed by atoms with Gasteiger partial charge in [0.2, 0.25) is 11.8 Å². The summed E-state index contributed by atoms with van der Waals surface area (Å²) in [6.07, 6.45) is -0.0383. The van der Waals surface area contributed by atoms with Crippen molar-refractivity contribution in [2.24, 2.45) is 0 Å². The Bertz CT molecular complexity index is 1330. The average molecular weight is 483 g/mol. The second-order valence-corrected chi connectivity index (χ2v) is 7.17. The molecule has 0 unspecified atom stereocenters. The molecule has 4 rings (SSSR count). The van der Waals surface area contributed by atoms with Crippen molar-refractivity contribution in [2.75, 3.05) is 17.2 Å². The van der Waals surface area contributed by atoms with Crippen LogP contribution in [0.1, 0.15) is 5.56 Å². The van der Waals surface area contributed by atoms with Gasteiger partial charge in [0.25, 0.3) is 0 Å². The van der Waals surface area contributed by atoms with Crippen molar-refractivity contribution in [2.45, 2.75) is 6.18 Å². The van der Waals surface area contributed by atoms with Gasteiger partial charge in [0.1, 0.15) is 17.9 Å². The molecule has 2 heterocycles. The van der Waals surface area contributed by atoms with Crippen molar-refractivity contribution in [3.05, 3.63) is 90.8 Å². The second-order valence-electron chi connectivity index (χ2n) is 7.17. The van der Waals surface area contributed by atoms with Crippen LogP contribution in [-0.4, -0.2) is 27.4 Å². The maximum Gasteiger partial charge on any atom is 0.416 e. The number of hydrogen-bond donors (Lipinski definition) is 2. The topological polar surface area (TPSA) is 89.0 Å². The van der Waals surface area contributed by atoms with Gasteiger partial charge in [-0.05, 0) is 48.5 Å². The normalized spacial score (nSPS) is 11.1. The third-order valence-corrected chi connectivity index (χ3v) is 4.70. The van der Waals surface area contributed by atoms with E-state index in [2.05, 4.69) is 25.6 Å². The van der Waals surface area contributed by atoms with E-state index in [1.54, 1.807) is 24.4 Å². The molecular formula is C24H17F4N5O2. The van der Waals surface area contributed by atoms with Gasteiger partial charge < -0.3 is 15.4 Å². The molecule has 0 fully saturated rings. The van der Waals surface area contributed by atoms with E-state index in [1.807, 2.05) is 0 Å². The lowest BCUT2D eigenvalue weighted by Gasteiger charge is -2.12. The first-order valence-corrected chi connectivity index (χ1v) is 10.2. The largest absolute Gasteiger partial charge is 0.438 e. The molecule has 2 N–H and O–H groups in total. The van der Waals surface area contributed by atoms with Gasteiger partial charge in [-0.15, -0.1) is 0 Å². The molecule has 0 atom stereocenters. The van der Waals surface area contributed by atoms with Gasteiger partial charge >= 0.3 is 6.18 Å². The van der Waals surface area contributed by atoms with Crippen molar-refractivity contribution in [3.63, 3.8) is 0 Å². The van der Waals surface area contributed by atoms with E-state index in [0.717, 1.165) is 18.2 Å². The Morgan fingerprint density at radius 1 is 0.971 bits per heavy atom. The number of nitrogens with one attached hydrogen (secondary N) is 2. The van der Waals surface area contributed by atoms with Gasteiger partial charge in [-0.2, -0.15) is 13.2 Å². The molecule has 2 aromatic carbocycles. The summed E-state index contributed by atoms with van der Waals surface area (Å²) in [7, 11) is 0. The quantitative estimate of drug-likeness (QED) is 0.336. The highest BCUT2D eigenvalue weighted by Gasteiger charge is 2.30. The second kappa shape index (κ2) is 10.2. The van der Waals surface area contributed by atoms with Gasteiger partial charge in [0, 0.05) is 24.1 Å². The fraction of sp³-hybridized carbons (Fsp3) is 0.0833. The summed E-state index contributed by atoms with van der Waals surface area (Å²) in [6.45, 7) is -0.366. The van der Waals surface area contributed by atoms with E-state index >= 15 is 0 Å². The van der Waals surface area contributed by atoms with Gasteiger partial charge in [-0.3, -0.25) is 4.79 Å². The number of amides is 1. The molecule has 4 aromatic rings. The highest BCUT2D eigenvalue weighted by molar-refractivity contribution is 5.94. The van der Waals surface area contributed by atoms with Crippen molar-refractivity contribution in [3.8, 4) is 22.9 Å². The number of benzene rings is 2. The Labute approximate surface area is 196 Å². The summed E-state index contributed by atoms with van der Waals surface area (Å²) in [4.78, 5) is 24.4. The molecule has 0 aliphatic heterocycles. The van der Waals surface area contributed by atoms with E-state index in [4.69, 9.17) is 4.74 Å². The van der Waals surface area contributed by atoms with Crippen LogP contribution in [0, 0.1) is 5.82 Å².